The standard InChI is InChI=1S/C16H23NO2/c1-4-6-15(5-2)17-10-13-8-7-12(16(18)19-3)9-14(13)11-17/h7-9,15H,4-6,10-11H2,1-3H3. The number of benzene rings is 1. The molecule has 19 heavy (non-hydrogen) atoms. The van der Waals surface area contributed by atoms with Gasteiger partial charge < -0.3 is 4.74 Å². The Bertz CT molecular complexity index is 456. The molecule has 1 atom stereocenters. The summed E-state index contributed by atoms with van der Waals surface area (Å²) in [5.41, 5.74) is 3.28. The molecule has 0 N–H and O–H groups in total. The monoisotopic (exact) mass is 261 g/mol. The third-order valence-electron chi connectivity index (χ3n) is 3.98. The second kappa shape index (κ2) is 6.20. The predicted octanol–water partition coefficient (Wildman–Crippen LogP) is 3.37. The lowest BCUT2D eigenvalue weighted by atomic mass is 10.1. The SMILES string of the molecule is CCCC(CC)N1Cc2ccc(C(=O)OC)cc2C1. The van der Waals surface area contributed by atoms with Gasteiger partial charge in [0.1, 0.15) is 0 Å². The van der Waals surface area contributed by atoms with Crippen LogP contribution in [0.1, 0.15) is 54.6 Å². The molecule has 0 saturated heterocycles. The van der Waals surface area contributed by atoms with Crippen LogP contribution in [0.3, 0.4) is 0 Å². The van der Waals surface area contributed by atoms with Crippen molar-refractivity contribution in [2.75, 3.05) is 7.11 Å². The Morgan fingerprint density at radius 3 is 2.68 bits per heavy atom. The normalized spacial score (nSPS) is 16.2. The summed E-state index contributed by atoms with van der Waals surface area (Å²) in [4.78, 5) is 14.1. The summed E-state index contributed by atoms with van der Waals surface area (Å²) in [6, 6.07) is 6.58. The summed E-state index contributed by atoms with van der Waals surface area (Å²) in [7, 11) is 1.43. The van der Waals surface area contributed by atoms with Gasteiger partial charge in [-0.3, -0.25) is 4.90 Å². The van der Waals surface area contributed by atoms with E-state index in [9.17, 15) is 4.79 Å². The predicted molar refractivity (Wildman–Crippen MR) is 76.0 cm³/mol. The molecule has 0 radical (unpaired) electrons. The van der Waals surface area contributed by atoms with E-state index in [2.05, 4.69) is 24.8 Å². The van der Waals surface area contributed by atoms with Crippen LogP contribution in [0.15, 0.2) is 18.2 Å². The van der Waals surface area contributed by atoms with E-state index in [1.807, 2.05) is 12.1 Å². The number of carbonyl (C=O) groups excluding carboxylic acids is 1. The minimum absolute atomic E-state index is 0.248. The molecule has 1 aromatic rings. The molecule has 0 amide bonds. The fourth-order valence-electron chi connectivity index (χ4n) is 2.90. The fraction of sp³-hybridized carbons (Fsp3) is 0.562. The number of methoxy groups -OCH3 is 1. The Morgan fingerprint density at radius 1 is 1.32 bits per heavy atom. The summed E-state index contributed by atoms with van der Waals surface area (Å²) in [6.07, 6.45) is 3.65. The van der Waals surface area contributed by atoms with Gasteiger partial charge in [0.05, 0.1) is 12.7 Å². The highest BCUT2D eigenvalue weighted by Gasteiger charge is 2.25. The Kier molecular flexibility index (Phi) is 4.59. The van der Waals surface area contributed by atoms with Crippen LogP contribution in [0, 0.1) is 0 Å². The van der Waals surface area contributed by atoms with Crippen LogP contribution in [0.25, 0.3) is 0 Å². The molecule has 3 nitrogen and oxygen atoms in total. The van der Waals surface area contributed by atoms with Crippen molar-refractivity contribution < 1.29 is 9.53 Å². The molecule has 1 aliphatic heterocycles. The Labute approximate surface area is 115 Å². The summed E-state index contributed by atoms with van der Waals surface area (Å²) < 4.78 is 4.78. The van der Waals surface area contributed by atoms with Crippen molar-refractivity contribution in [2.24, 2.45) is 0 Å². The maximum Gasteiger partial charge on any atom is 0.337 e. The zero-order valence-electron chi connectivity index (χ0n) is 12.1. The molecule has 1 aliphatic rings. The third kappa shape index (κ3) is 2.98. The topological polar surface area (TPSA) is 29.5 Å². The van der Waals surface area contributed by atoms with Crippen molar-refractivity contribution in [2.45, 2.75) is 52.2 Å². The van der Waals surface area contributed by atoms with E-state index in [1.165, 1.54) is 37.5 Å². The number of esters is 1. The van der Waals surface area contributed by atoms with E-state index in [4.69, 9.17) is 4.74 Å². The van der Waals surface area contributed by atoms with Gasteiger partial charge in [0.15, 0.2) is 0 Å². The number of carbonyl (C=O) groups is 1. The zero-order valence-corrected chi connectivity index (χ0v) is 12.1. The van der Waals surface area contributed by atoms with Crippen molar-refractivity contribution >= 4 is 5.97 Å². The van der Waals surface area contributed by atoms with Crippen LogP contribution in [-0.2, 0) is 17.8 Å². The average Bonchev–Trinajstić information content (AvgIpc) is 2.86. The molecule has 1 aromatic carbocycles. The van der Waals surface area contributed by atoms with Gasteiger partial charge in [0.25, 0.3) is 0 Å². The van der Waals surface area contributed by atoms with E-state index in [1.54, 1.807) is 0 Å². The molecule has 0 saturated carbocycles. The van der Waals surface area contributed by atoms with Crippen LogP contribution in [0.5, 0.6) is 0 Å². The molecule has 0 spiro atoms. The third-order valence-corrected chi connectivity index (χ3v) is 3.98. The number of nitrogens with zero attached hydrogens (tertiary/aromatic N) is 1. The Morgan fingerprint density at radius 2 is 2.05 bits per heavy atom. The largest absolute Gasteiger partial charge is 0.465 e. The molecular weight excluding hydrogens is 238 g/mol. The summed E-state index contributed by atoms with van der Waals surface area (Å²) >= 11 is 0. The van der Waals surface area contributed by atoms with Gasteiger partial charge in [-0.05, 0) is 36.1 Å². The molecule has 1 heterocycles. The molecule has 0 fully saturated rings. The number of hydrogen-bond donors (Lipinski definition) is 0. The summed E-state index contributed by atoms with van der Waals surface area (Å²) in [5, 5.41) is 0. The minimum Gasteiger partial charge on any atom is -0.465 e. The molecule has 0 aliphatic carbocycles. The average molecular weight is 261 g/mol. The lowest BCUT2D eigenvalue weighted by molar-refractivity contribution is 0.0600. The van der Waals surface area contributed by atoms with E-state index < -0.39 is 0 Å². The quantitative estimate of drug-likeness (QED) is 0.761. The van der Waals surface area contributed by atoms with Crippen LogP contribution >= 0.6 is 0 Å². The van der Waals surface area contributed by atoms with Crippen molar-refractivity contribution in [3.05, 3.63) is 34.9 Å². The number of hydrogen-bond acceptors (Lipinski definition) is 3. The molecule has 104 valence electrons. The Hall–Kier alpha value is -1.35. The number of rotatable bonds is 5. The lowest BCUT2D eigenvalue weighted by Gasteiger charge is -2.25. The summed E-state index contributed by atoms with van der Waals surface area (Å²) in [6.45, 7) is 6.46. The van der Waals surface area contributed by atoms with Crippen LogP contribution in [0.4, 0.5) is 0 Å². The van der Waals surface area contributed by atoms with Crippen molar-refractivity contribution in [1.29, 1.82) is 0 Å². The van der Waals surface area contributed by atoms with Gasteiger partial charge in [-0.25, -0.2) is 4.79 Å². The minimum atomic E-state index is -0.248. The van der Waals surface area contributed by atoms with Gasteiger partial charge in [0.2, 0.25) is 0 Å². The van der Waals surface area contributed by atoms with E-state index in [0.717, 1.165) is 13.1 Å². The van der Waals surface area contributed by atoms with Gasteiger partial charge in [0, 0.05) is 19.1 Å². The van der Waals surface area contributed by atoms with Gasteiger partial charge in [-0.2, -0.15) is 0 Å². The van der Waals surface area contributed by atoms with Crippen LogP contribution in [-0.4, -0.2) is 24.0 Å². The van der Waals surface area contributed by atoms with E-state index >= 15 is 0 Å². The smallest absolute Gasteiger partial charge is 0.337 e. The van der Waals surface area contributed by atoms with Crippen molar-refractivity contribution in [1.82, 2.24) is 4.90 Å². The molecule has 0 bridgehead atoms. The first-order valence-electron chi connectivity index (χ1n) is 7.13. The first kappa shape index (κ1) is 14.1. The number of fused-ring (bicyclic) bond motifs is 1. The highest BCUT2D eigenvalue weighted by Crippen LogP contribution is 2.28. The van der Waals surface area contributed by atoms with Crippen LogP contribution in [0.2, 0.25) is 0 Å². The highest BCUT2D eigenvalue weighted by atomic mass is 16.5. The van der Waals surface area contributed by atoms with Gasteiger partial charge >= 0.3 is 5.97 Å². The lowest BCUT2D eigenvalue weighted by Crippen LogP contribution is -2.29. The van der Waals surface area contributed by atoms with Gasteiger partial charge in [-0.15, -0.1) is 0 Å². The highest BCUT2D eigenvalue weighted by molar-refractivity contribution is 5.89. The second-order valence-electron chi connectivity index (χ2n) is 5.23. The number of ether oxygens (including phenoxy) is 1. The molecular formula is C16H23NO2. The molecule has 1 unspecified atom stereocenters. The Balaban J connectivity index is 2.13. The first-order valence-corrected chi connectivity index (χ1v) is 7.13. The second-order valence-corrected chi connectivity index (χ2v) is 5.23. The van der Waals surface area contributed by atoms with Crippen molar-refractivity contribution in [3.8, 4) is 0 Å². The zero-order chi connectivity index (χ0) is 13.8. The maximum absolute atomic E-state index is 11.6. The van der Waals surface area contributed by atoms with Crippen molar-refractivity contribution in [3.63, 3.8) is 0 Å². The summed E-state index contributed by atoms with van der Waals surface area (Å²) in [5.74, 6) is -0.248. The first-order chi connectivity index (χ1) is 9.19. The van der Waals surface area contributed by atoms with Gasteiger partial charge in [-0.1, -0.05) is 26.3 Å². The fourth-order valence-corrected chi connectivity index (χ4v) is 2.90. The molecule has 0 aromatic heterocycles. The molecule has 2 rings (SSSR count). The molecule has 3 heteroatoms. The van der Waals surface area contributed by atoms with Crippen LogP contribution < -0.4 is 0 Å². The van der Waals surface area contributed by atoms with E-state index in [-0.39, 0.29) is 5.97 Å². The van der Waals surface area contributed by atoms with E-state index in [0.29, 0.717) is 11.6 Å². The maximum atomic E-state index is 11.6.